The maximum absolute atomic E-state index is 9.67. The van der Waals surface area contributed by atoms with Crippen molar-refractivity contribution < 1.29 is 9.84 Å². The summed E-state index contributed by atoms with van der Waals surface area (Å²) in [5, 5.41) is 13.5. The third-order valence-corrected chi connectivity index (χ3v) is 4.31. The monoisotopic (exact) mass is 387 g/mol. The molecule has 8 heteroatoms. The number of benzene rings is 1. The number of anilines is 1. The lowest BCUT2D eigenvalue weighted by molar-refractivity contribution is 0.258. The van der Waals surface area contributed by atoms with E-state index in [1.807, 2.05) is 18.2 Å². The van der Waals surface area contributed by atoms with E-state index in [0.717, 1.165) is 12.0 Å². The van der Waals surface area contributed by atoms with Gasteiger partial charge >= 0.3 is 6.01 Å². The Morgan fingerprint density at radius 1 is 1.15 bits per heavy atom. The summed E-state index contributed by atoms with van der Waals surface area (Å²) in [4.78, 5) is 17.3. The molecule has 0 saturated heterocycles. The molecular formula is C19H22ClN5O2. The Labute approximate surface area is 162 Å². The van der Waals surface area contributed by atoms with E-state index in [9.17, 15) is 5.11 Å². The number of fused-ring (bicyclic) bond motifs is 1. The molecule has 2 N–H and O–H groups in total. The minimum absolute atomic E-state index is 0.0141. The number of ether oxygens (including phenoxy) is 1. The molecule has 2 aromatic heterocycles. The third-order valence-electron chi connectivity index (χ3n) is 3.94. The molecule has 2 heterocycles. The minimum Gasteiger partial charge on any atom is -0.458 e. The lowest BCUT2D eigenvalue weighted by Gasteiger charge is -2.19. The van der Waals surface area contributed by atoms with Crippen LogP contribution < -0.4 is 10.1 Å². The van der Waals surface area contributed by atoms with Gasteiger partial charge in [0.1, 0.15) is 6.61 Å². The first-order chi connectivity index (χ1) is 13.1. The Kier molecular flexibility index (Phi) is 6.36. The van der Waals surface area contributed by atoms with Crippen molar-refractivity contribution in [3.05, 3.63) is 47.2 Å². The molecule has 1 atom stereocenters. The fourth-order valence-electron chi connectivity index (χ4n) is 2.71. The number of aliphatic hydroxyl groups excluding tert-OH is 1. The molecule has 0 spiro atoms. The van der Waals surface area contributed by atoms with Gasteiger partial charge < -0.3 is 15.2 Å². The zero-order valence-corrected chi connectivity index (χ0v) is 16.0. The zero-order chi connectivity index (χ0) is 19.2. The first kappa shape index (κ1) is 19.3. The number of aliphatic hydroxyl groups is 1. The number of nitrogens with one attached hydrogen (secondary N) is 1. The van der Waals surface area contributed by atoms with Crippen LogP contribution in [0.2, 0.25) is 5.02 Å². The summed E-state index contributed by atoms with van der Waals surface area (Å²) in [6.07, 6.45) is 3.93. The average molecular weight is 388 g/mol. The van der Waals surface area contributed by atoms with Crippen LogP contribution in [0.25, 0.3) is 11.2 Å². The maximum Gasteiger partial charge on any atom is 0.320 e. The van der Waals surface area contributed by atoms with Gasteiger partial charge in [-0.05, 0) is 18.4 Å². The molecule has 142 valence electrons. The van der Waals surface area contributed by atoms with E-state index in [1.54, 1.807) is 18.5 Å². The number of hydrogen-bond acceptors (Lipinski definition) is 7. The van der Waals surface area contributed by atoms with Gasteiger partial charge in [-0.3, -0.25) is 0 Å². The fourth-order valence-corrected chi connectivity index (χ4v) is 2.90. The van der Waals surface area contributed by atoms with Crippen LogP contribution in [0.3, 0.4) is 0 Å². The summed E-state index contributed by atoms with van der Waals surface area (Å²) >= 11 is 6.17. The highest BCUT2D eigenvalue weighted by Crippen LogP contribution is 2.23. The Morgan fingerprint density at radius 3 is 2.67 bits per heavy atom. The first-order valence-corrected chi connectivity index (χ1v) is 9.17. The highest BCUT2D eigenvalue weighted by Gasteiger charge is 2.16. The number of aromatic nitrogens is 4. The van der Waals surface area contributed by atoms with Crippen molar-refractivity contribution in [2.45, 2.75) is 32.9 Å². The summed E-state index contributed by atoms with van der Waals surface area (Å²) in [5.74, 6) is 0.909. The molecule has 0 saturated carbocycles. The van der Waals surface area contributed by atoms with Crippen molar-refractivity contribution >= 4 is 28.6 Å². The van der Waals surface area contributed by atoms with Gasteiger partial charge in [-0.15, -0.1) is 0 Å². The Bertz CT molecular complexity index is 906. The lowest BCUT2D eigenvalue weighted by atomic mass is 10.0. The summed E-state index contributed by atoms with van der Waals surface area (Å²) in [5.41, 5.74) is 1.79. The van der Waals surface area contributed by atoms with Crippen molar-refractivity contribution in [1.82, 2.24) is 19.9 Å². The molecule has 3 aromatic rings. The first-order valence-electron chi connectivity index (χ1n) is 8.79. The van der Waals surface area contributed by atoms with Gasteiger partial charge in [0.25, 0.3) is 0 Å². The molecule has 0 unspecified atom stereocenters. The lowest BCUT2D eigenvalue weighted by Crippen LogP contribution is -2.26. The summed E-state index contributed by atoms with van der Waals surface area (Å²) in [7, 11) is 0. The molecule has 0 radical (unpaired) electrons. The van der Waals surface area contributed by atoms with E-state index >= 15 is 0 Å². The van der Waals surface area contributed by atoms with E-state index in [2.05, 4.69) is 39.1 Å². The van der Waals surface area contributed by atoms with E-state index in [-0.39, 0.29) is 25.3 Å². The Morgan fingerprint density at radius 2 is 1.93 bits per heavy atom. The molecule has 27 heavy (non-hydrogen) atoms. The predicted octanol–water partition coefficient (Wildman–Crippen LogP) is 3.47. The molecule has 0 aliphatic heterocycles. The van der Waals surface area contributed by atoms with Crippen LogP contribution in [0.4, 0.5) is 5.82 Å². The summed E-state index contributed by atoms with van der Waals surface area (Å²) in [6, 6.07) is 7.46. The zero-order valence-electron chi connectivity index (χ0n) is 15.3. The molecule has 0 bridgehead atoms. The molecule has 3 rings (SSSR count). The van der Waals surface area contributed by atoms with Crippen molar-refractivity contribution in [2.24, 2.45) is 5.92 Å². The Hall–Kier alpha value is -2.51. The highest BCUT2D eigenvalue weighted by molar-refractivity contribution is 6.31. The normalized spacial score (nSPS) is 12.3. The van der Waals surface area contributed by atoms with E-state index in [1.165, 1.54) is 0 Å². The molecule has 1 aromatic carbocycles. The summed E-state index contributed by atoms with van der Waals surface area (Å²) < 4.78 is 5.74. The molecule has 0 amide bonds. The second kappa shape index (κ2) is 8.92. The van der Waals surface area contributed by atoms with Crippen LogP contribution in [-0.2, 0) is 6.61 Å². The van der Waals surface area contributed by atoms with E-state index in [0.29, 0.717) is 27.9 Å². The SMILES string of the molecule is CC(C)C[C@H](CO)Nc1nc(OCc2ccccc2Cl)nc2nccnc12. The second-order valence-corrected chi connectivity index (χ2v) is 7.02. The van der Waals surface area contributed by atoms with Crippen molar-refractivity contribution in [3.8, 4) is 6.01 Å². The molecule has 0 aliphatic carbocycles. The number of hydrogen-bond donors (Lipinski definition) is 2. The smallest absolute Gasteiger partial charge is 0.320 e. The largest absolute Gasteiger partial charge is 0.458 e. The Balaban J connectivity index is 1.87. The van der Waals surface area contributed by atoms with Crippen LogP contribution in [0.1, 0.15) is 25.8 Å². The van der Waals surface area contributed by atoms with Crippen LogP contribution in [-0.4, -0.2) is 37.7 Å². The standard InChI is InChI=1S/C19H22ClN5O2/c1-12(2)9-14(10-26)23-18-16-17(22-8-7-21-16)24-19(25-18)27-11-13-5-3-4-6-15(13)20/h3-8,12,14,26H,9-11H2,1-2H3,(H,22,23,24,25)/t14-/m1/s1. The van der Waals surface area contributed by atoms with Crippen LogP contribution in [0.5, 0.6) is 6.01 Å². The number of nitrogens with zero attached hydrogens (tertiary/aromatic N) is 4. The molecule has 7 nitrogen and oxygen atoms in total. The van der Waals surface area contributed by atoms with Crippen LogP contribution in [0, 0.1) is 5.92 Å². The van der Waals surface area contributed by atoms with Crippen LogP contribution >= 0.6 is 11.6 Å². The van der Waals surface area contributed by atoms with Crippen molar-refractivity contribution in [2.75, 3.05) is 11.9 Å². The van der Waals surface area contributed by atoms with E-state index < -0.39 is 0 Å². The van der Waals surface area contributed by atoms with Gasteiger partial charge in [0, 0.05) is 23.0 Å². The molecular weight excluding hydrogens is 366 g/mol. The quantitative estimate of drug-likeness (QED) is 0.611. The molecule has 0 fully saturated rings. The van der Waals surface area contributed by atoms with Gasteiger partial charge in [0.05, 0.1) is 12.6 Å². The van der Waals surface area contributed by atoms with Crippen molar-refractivity contribution in [3.63, 3.8) is 0 Å². The van der Waals surface area contributed by atoms with Gasteiger partial charge in [-0.2, -0.15) is 9.97 Å². The van der Waals surface area contributed by atoms with Crippen LogP contribution in [0.15, 0.2) is 36.7 Å². The number of halogens is 1. The number of rotatable bonds is 8. The minimum atomic E-state index is -0.151. The van der Waals surface area contributed by atoms with E-state index in [4.69, 9.17) is 16.3 Å². The van der Waals surface area contributed by atoms with Gasteiger partial charge in [0.2, 0.25) is 0 Å². The van der Waals surface area contributed by atoms with Crippen molar-refractivity contribution in [1.29, 1.82) is 0 Å². The average Bonchev–Trinajstić information content (AvgIpc) is 2.66. The van der Waals surface area contributed by atoms with Gasteiger partial charge in [-0.25, -0.2) is 9.97 Å². The second-order valence-electron chi connectivity index (χ2n) is 6.62. The highest BCUT2D eigenvalue weighted by atomic mass is 35.5. The third kappa shape index (κ3) is 5.02. The fraction of sp³-hybridized carbons (Fsp3) is 0.368. The van der Waals surface area contributed by atoms with Gasteiger partial charge in [0.15, 0.2) is 17.0 Å². The van der Waals surface area contributed by atoms with Gasteiger partial charge in [-0.1, -0.05) is 43.6 Å². The predicted molar refractivity (Wildman–Crippen MR) is 105 cm³/mol. The summed E-state index contributed by atoms with van der Waals surface area (Å²) in [6.45, 7) is 4.42. The topological polar surface area (TPSA) is 93.0 Å². The molecule has 0 aliphatic rings. The maximum atomic E-state index is 9.67.